The van der Waals surface area contributed by atoms with Gasteiger partial charge < -0.3 is 10.6 Å². The number of aromatic nitrogens is 3. The molecule has 39 heavy (non-hydrogen) atoms. The largest absolute Gasteiger partial charge is 0.350 e. The lowest BCUT2D eigenvalue weighted by Crippen LogP contribution is -2.44. The number of hydrogen-bond donors (Lipinski definition) is 3. The van der Waals surface area contributed by atoms with E-state index in [9.17, 15) is 12.8 Å². The van der Waals surface area contributed by atoms with Crippen LogP contribution in [0.1, 0.15) is 31.7 Å². The number of piperidine rings is 1. The standard InChI is InChI=1S/C28H30F2N6O2S/c1-17(2)22-12-25(19-8-9-24(23(30)11-19)36-39(37,38)21-6-4-3-5-7-21)34-26-16-32-28(35-27(22)26)33-20-10-18(13-29)14-31-15-20/h3-9,11-12,16-18,20,31,36H,10,13-15H2,1-2H3,(H,32,33,35)/t18-,20-/m0/s1. The first-order valence-corrected chi connectivity index (χ1v) is 14.3. The first kappa shape index (κ1) is 26.9. The van der Waals surface area contributed by atoms with Crippen LogP contribution < -0.4 is 15.4 Å². The van der Waals surface area contributed by atoms with Crippen molar-refractivity contribution >= 4 is 32.7 Å². The second-order valence-corrected chi connectivity index (χ2v) is 11.7. The van der Waals surface area contributed by atoms with Crippen LogP contribution in [0.15, 0.2) is 65.7 Å². The van der Waals surface area contributed by atoms with E-state index < -0.39 is 15.8 Å². The minimum atomic E-state index is -3.93. The first-order chi connectivity index (χ1) is 18.7. The lowest BCUT2D eigenvalue weighted by Gasteiger charge is -2.29. The van der Waals surface area contributed by atoms with Gasteiger partial charge in [0.25, 0.3) is 10.0 Å². The maximum atomic E-state index is 15.1. The molecule has 1 aliphatic rings. The molecule has 1 saturated heterocycles. The molecule has 0 radical (unpaired) electrons. The van der Waals surface area contributed by atoms with E-state index in [2.05, 4.69) is 25.3 Å². The van der Waals surface area contributed by atoms with Gasteiger partial charge in [0.15, 0.2) is 0 Å². The molecule has 8 nitrogen and oxygen atoms in total. The number of anilines is 2. The van der Waals surface area contributed by atoms with Crippen molar-refractivity contribution in [1.82, 2.24) is 20.3 Å². The summed E-state index contributed by atoms with van der Waals surface area (Å²) in [6.45, 7) is 5.07. The second kappa shape index (κ2) is 11.2. The molecule has 5 rings (SSSR count). The van der Waals surface area contributed by atoms with E-state index in [4.69, 9.17) is 4.98 Å². The fourth-order valence-corrected chi connectivity index (χ4v) is 5.79. The van der Waals surface area contributed by atoms with E-state index in [-0.39, 0.29) is 35.1 Å². The molecule has 3 heterocycles. The molecule has 0 bridgehead atoms. The van der Waals surface area contributed by atoms with Crippen molar-refractivity contribution in [3.05, 3.63) is 72.2 Å². The van der Waals surface area contributed by atoms with Crippen molar-refractivity contribution in [1.29, 1.82) is 0 Å². The van der Waals surface area contributed by atoms with Crippen LogP contribution in [0.2, 0.25) is 0 Å². The topological polar surface area (TPSA) is 109 Å². The number of sulfonamides is 1. The number of benzene rings is 2. The summed E-state index contributed by atoms with van der Waals surface area (Å²) in [6.07, 6.45) is 2.32. The van der Waals surface area contributed by atoms with Crippen LogP contribution in [0.3, 0.4) is 0 Å². The highest BCUT2D eigenvalue weighted by Gasteiger charge is 2.23. The SMILES string of the molecule is CC(C)c1cc(-c2ccc(NS(=O)(=O)c3ccccc3)c(F)c2)nc2cnc(N[C@@H]3CNC[C@H](CF)C3)nc12. The molecule has 11 heteroatoms. The molecule has 204 valence electrons. The minimum absolute atomic E-state index is 0.0208. The van der Waals surface area contributed by atoms with Crippen LogP contribution in [-0.2, 0) is 10.0 Å². The normalized spacial score (nSPS) is 17.9. The molecule has 1 fully saturated rings. The number of fused-ring (bicyclic) bond motifs is 1. The highest BCUT2D eigenvalue weighted by Crippen LogP contribution is 2.31. The number of pyridine rings is 1. The van der Waals surface area contributed by atoms with Gasteiger partial charge in [0.1, 0.15) is 11.3 Å². The molecule has 2 atom stereocenters. The Hall–Kier alpha value is -3.70. The van der Waals surface area contributed by atoms with E-state index in [1.807, 2.05) is 19.9 Å². The highest BCUT2D eigenvalue weighted by atomic mass is 32.2. The lowest BCUT2D eigenvalue weighted by molar-refractivity contribution is 0.282. The molecule has 2 aromatic heterocycles. The van der Waals surface area contributed by atoms with Crippen molar-refractivity contribution in [3.63, 3.8) is 0 Å². The summed E-state index contributed by atoms with van der Waals surface area (Å²) in [5.74, 6) is -0.214. The Balaban J connectivity index is 1.43. The summed E-state index contributed by atoms with van der Waals surface area (Å²) in [5, 5.41) is 6.55. The smallest absolute Gasteiger partial charge is 0.261 e. The average molecular weight is 553 g/mol. The van der Waals surface area contributed by atoms with Gasteiger partial charge in [0.05, 0.1) is 34.7 Å². The van der Waals surface area contributed by atoms with Gasteiger partial charge in [-0.25, -0.2) is 27.8 Å². The van der Waals surface area contributed by atoms with Crippen LogP contribution in [0.5, 0.6) is 0 Å². The molecular weight excluding hydrogens is 522 g/mol. The van der Waals surface area contributed by atoms with E-state index >= 15 is 4.39 Å². The molecule has 1 aliphatic heterocycles. The zero-order chi connectivity index (χ0) is 27.6. The number of hydrogen-bond acceptors (Lipinski definition) is 7. The molecule has 2 aromatic carbocycles. The van der Waals surface area contributed by atoms with Gasteiger partial charge in [-0.2, -0.15) is 0 Å². The fourth-order valence-electron chi connectivity index (χ4n) is 4.71. The zero-order valence-corrected chi connectivity index (χ0v) is 22.5. The minimum Gasteiger partial charge on any atom is -0.350 e. The summed E-state index contributed by atoms with van der Waals surface area (Å²) >= 11 is 0. The average Bonchev–Trinajstić information content (AvgIpc) is 2.94. The molecule has 0 amide bonds. The van der Waals surface area contributed by atoms with Crippen molar-refractivity contribution in [2.45, 2.75) is 37.1 Å². The van der Waals surface area contributed by atoms with Gasteiger partial charge in [-0.15, -0.1) is 0 Å². The molecule has 0 unspecified atom stereocenters. The highest BCUT2D eigenvalue weighted by molar-refractivity contribution is 7.92. The Kier molecular flexibility index (Phi) is 7.72. The Bertz CT molecular complexity index is 1580. The van der Waals surface area contributed by atoms with Gasteiger partial charge in [0, 0.05) is 30.6 Å². The van der Waals surface area contributed by atoms with E-state index in [1.54, 1.807) is 30.5 Å². The van der Waals surface area contributed by atoms with Crippen LogP contribution in [0.25, 0.3) is 22.3 Å². The molecule has 0 aliphatic carbocycles. The molecule has 0 spiro atoms. The lowest BCUT2D eigenvalue weighted by atomic mass is 9.97. The third-order valence-corrected chi connectivity index (χ3v) is 8.14. The number of rotatable bonds is 8. The monoisotopic (exact) mass is 552 g/mol. The van der Waals surface area contributed by atoms with Gasteiger partial charge in [0.2, 0.25) is 5.95 Å². The number of nitrogens with zero attached hydrogens (tertiary/aromatic N) is 3. The first-order valence-electron chi connectivity index (χ1n) is 12.8. The van der Waals surface area contributed by atoms with Crippen LogP contribution in [0.4, 0.5) is 20.4 Å². The Labute approximate surface area is 226 Å². The van der Waals surface area contributed by atoms with Gasteiger partial charge in [-0.1, -0.05) is 38.1 Å². The molecular formula is C28H30F2N6O2S. The maximum absolute atomic E-state index is 15.1. The maximum Gasteiger partial charge on any atom is 0.261 e. The van der Waals surface area contributed by atoms with Crippen molar-refractivity contribution < 1.29 is 17.2 Å². The van der Waals surface area contributed by atoms with E-state index in [1.165, 1.54) is 24.3 Å². The van der Waals surface area contributed by atoms with Gasteiger partial charge in [-0.05, 0) is 48.2 Å². The van der Waals surface area contributed by atoms with Crippen LogP contribution in [-0.4, -0.2) is 49.2 Å². The Morgan fingerprint density at radius 2 is 1.87 bits per heavy atom. The summed E-state index contributed by atoms with van der Waals surface area (Å²) < 4.78 is 55.8. The van der Waals surface area contributed by atoms with E-state index in [0.29, 0.717) is 47.7 Å². The molecule has 0 saturated carbocycles. The van der Waals surface area contributed by atoms with Crippen molar-refractivity contribution in [3.8, 4) is 11.3 Å². The molecule has 3 N–H and O–H groups in total. The molecule has 4 aromatic rings. The Morgan fingerprint density at radius 3 is 2.59 bits per heavy atom. The quantitative estimate of drug-likeness (QED) is 0.279. The van der Waals surface area contributed by atoms with Crippen LogP contribution >= 0.6 is 0 Å². The zero-order valence-electron chi connectivity index (χ0n) is 21.7. The summed E-state index contributed by atoms with van der Waals surface area (Å²) in [5.41, 5.74) is 3.02. The van der Waals surface area contributed by atoms with Crippen molar-refractivity contribution in [2.24, 2.45) is 5.92 Å². The number of nitrogens with one attached hydrogen (secondary N) is 3. The third kappa shape index (κ3) is 5.99. The predicted octanol–water partition coefficient (Wildman–Crippen LogP) is 5.11. The summed E-state index contributed by atoms with van der Waals surface area (Å²) in [6, 6.07) is 13.9. The predicted molar refractivity (Wildman–Crippen MR) is 148 cm³/mol. The summed E-state index contributed by atoms with van der Waals surface area (Å²) in [4.78, 5) is 13.9. The fraction of sp³-hybridized carbons (Fsp3) is 0.321. The second-order valence-electron chi connectivity index (χ2n) is 10.0. The summed E-state index contributed by atoms with van der Waals surface area (Å²) in [7, 11) is -3.93. The van der Waals surface area contributed by atoms with E-state index in [0.717, 1.165) is 5.56 Å². The van der Waals surface area contributed by atoms with Crippen LogP contribution in [0, 0.1) is 11.7 Å². The van der Waals surface area contributed by atoms with Crippen molar-refractivity contribution in [2.75, 3.05) is 29.8 Å². The van der Waals surface area contributed by atoms with Gasteiger partial charge >= 0.3 is 0 Å². The Morgan fingerprint density at radius 1 is 1.08 bits per heavy atom. The number of alkyl halides is 1. The third-order valence-electron chi connectivity index (χ3n) is 6.75. The number of halogens is 2. The van der Waals surface area contributed by atoms with Gasteiger partial charge in [-0.3, -0.25) is 9.11 Å².